The van der Waals surface area contributed by atoms with Gasteiger partial charge in [-0.05, 0) is 65.0 Å². The van der Waals surface area contributed by atoms with Gasteiger partial charge in [0.2, 0.25) is 10.0 Å². The van der Waals surface area contributed by atoms with Crippen molar-refractivity contribution in [2.24, 2.45) is 0 Å². The largest absolute Gasteiger partial charge is 0.464 e. The summed E-state index contributed by atoms with van der Waals surface area (Å²) in [7, 11) is -4.92. The third-order valence-corrected chi connectivity index (χ3v) is 10.00. The molecule has 4 aromatic rings. The van der Waals surface area contributed by atoms with Crippen LogP contribution in [0.15, 0.2) is 70.3 Å². The third kappa shape index (κ3) is 6.37. The van der Waals surface area contributed by atoms with Crippen LogP contribution in [0.3, 0.4) is 0 Å². The number of anilines is 1. The number of hydrogen-bond donors (Lipinski definition) is 2. The van der Waals surface area contributed by atoms with Gasteiger partial charge in [-0.1, -0.05) is 31.2 Å². The van der Waals surface area contributed by atoms with Gasteiger partial charge in [-0.2, -0.15) is 13.2 Å². The Bertz CT molecular complexity index is 1750. The van der Waals surface area contributed by atoms with Crippen LogP contribution in [0.2, 0.25) is 0 Å². The highest BCUT2D eigenvalue weighted by Crippen LogP contribution is 2.44. The predicted octanol–water partition coefficient (Wildman–Crippen LogP) is 7.60. The Morgan fingerprint density at radius 2 is 2.00 bits per heavy atom. The first-order valence-electron chi connectivity index (χ1n) is 13.6. The lowest BCUT2D eigenvalue weighted by molar-refractivity contribution is -0.134. The number of carbonyl (C=O) groups excluding carboxylic acids is 1. The number of aromatic amines is 1. The van der Waals surface area contributed by atoms with Crippen molar-refractivity contribution >= 4 is 49.1 Å². The number of carbonyl (C=O) groups is 1. The lowest BCUT2D eigenvalue weighted by Crippen LogP contribution is -2.38. The number of aromatic nitrogens is 2. The minimum Gasteiger partial charge on any atom is -0.464 e. The summed E-state index contributed by atoms with van der Waals surface area (Å²) < 4.78 is 79.6. The maximum atomic E-state index is 13.4. The molecule has 0 spiro atoms. The number of rotatable bonds is 13. The van der Waals surface area contributed by atoms with E-state index in [2.05, 4.69) is 37.2 Å². The van der Waals surface area contributed by atoms with Gasteiger partial charge in [-0.15, -0.1) is 6.58 Å². The van der Waals surface area contributed by atoms with Crippen LogP contribution >= 0.6 is 15.9 Å². The van der Waals surface area contributed by atoms with Crippen molar-refractivity contribution in [2.75, 3.05) is 4.72 Å². The van der Waals surface area contributed by atoms with Gasteiger partial charge in [0.25, 0.3) is 6.47 Å². The zero-order chi connectivity index (χ0) is 30.9. The number of nitrogens with one attached hydrogen (secondary N) is 2. The quantitative estimate of drug-likeness (QED) is 0.111. The molecule has 2 N–H and O–H groups in total. The van der Waals surface area contributed by atoms with E-state index in [0.717, 1.165) is 29.8 Å². The summed E-state index contributed by atoms with van der Waals surface area (Å²) in [5, 5.41) is -2.15. The molecule has 228 valence electrons. The zero-order valence-electron chi connectivity index (χ0n) is 23.0. The number of para-hydroxylation sites is 1. The van der Waals surface area contributed by atoms with Gasteiger partial charge >= 0.3 is 6.18 Å². The average molecular weight is 681 g/mol. The van der Waals surface area contributed by atoms with Gasteiger partial charge in [0.15, 0.2) is 11.0 Å². The number of ether oxygens (including phenoxy) is 1. The number of imidazole rings is 1. The number of sulfonamides is 1. The molecule has 2 aromatic heterocycles. The highest BCUT2D eigenvalue weighted by atomic mass is 79.9. The topological polar surface area (TPSA) is 114 Å². The summed E-state index contributed by atoms with van der Waals surface area (Å²) in [6.45, 7) is 5.52. The summed E-state index contributed by atoms with van der Waals surface area (Å²) in [6, 6.07) is 11.5. The number of halogens is 4. The van der Waals surface area contributed by atoms with E-state index in [1.54, 1.807) is 24.5 Å². The number of alkyl halides is 3. The maximum absolute atomic E-state index is 13.4. The van der Waals surface area contributed by atoms with E-state index in [0.29, 0.717) is 46.7 Å². The van der Waals surface area contributed by atoms with E-state index in [1.165, 1.54) is 12.1 Å². The smallest absolute Gasteiger partial charge is 0.410 e. The fraction of sp³-hybridized carbons (Fsp3) is 0.333. The molecule has 1 fully saturated rings. The fourth-order valence-corrected chi connectivity index (χ4v) is 7.19. The van der Waals surface area contributed by atoms with E-state index in [9.17, 15) is 26.4 Å². The van der Waals surface area contributed by atoms with Gasteiger partial charge in [0, 0.05) is 34.9 Å². The molecule has 1 aliphatic carbocycles. The van der Waals surface area contributed by atoms with E-state index in [4.69, 9.17) is 9.15 Å². The minimum absolute atomic E-state index is 0.0886. The molecule has 0 amide bonds. The molecule has 1 aliphatic rings. The second-order valence-corrected chi connectivity index (χ2v) is 13.0. The molecule has 1 saturated carbocycles. The van der Waals surface area contributed by atoms with Gasteiger partial charge in [0.05, 0.1) is 22.2 Å². The zero-order valence-corrected chi connectivity index (χ0v) is 25.4. The first-order chi connectivity index (χ1) is 20.5. The number of benzene rings is 2. The Labute approximate surface area is 254 Å². The molecule has 43 heavy (non-hydrogen) atoms. The summed E-state index contributed by atoms with van der Waals surface area (Å²) in [5.41, 5.74) is 3.46. The predicted molar refractivity (Wildman–Crippen MR) is 160 cm³/mol. The molecule has 3 unspecified atom stereocenters. The molecule has 0 aliphatic heterocycles. The van der Waals surface area contributed by atoms with Crippen LogP contribution < -0.4 is 4.72 Å². The van der Waals surface area contributed by atoms with Gasteiger partial charge in [0.1, 0.15) is 11.7 Å². The number of nitrogens with zero attached hydrogens (tertiary/aromatic N) is 1. The number of hydrogen-bond acceptors (Lipinski definition) is 6. The molecule has 13 heteroatoms. The van der Waals surface area contributed by atoms with Crippen molar-refractivity contribution in [1.82, 2.24) is 9.97 Å². The minimum atomic E-state index is -5.04. The lowest BCUT2D eigenvalue weighted by atomic mass is 9.89. The highest BCUT2D eigenvalue weighted by Gasteiger charge is 2.47. The normalized spacial score (nSPS) is 16.0. The molecule has 3 atom stereocenters. The summed E-state index contributed by atoms with van der Waals surface area (Å²) in [5.74, 6) is 0.552. The highest BCUT2D eigenvalue weighted by molar-refractivity contribution is 9.10. The Morgan fingerprint density at radius 1 is 1.26 bits per heavy atom. The average Bonchev–Trinajstić information content (AvgIpc) is 3.59. The van der Waals surface area contributed by atoms with E-state index >= 15 is 0 Å². The molecule has 2 heterocycles. The fourth-order valence-electron chi connectivity index (χ4n) is 5.37. The number of furan rings is 1. The van der Waals surface area contributed by atoms with Crippen LogP contribution in [0.5, 0.6) is 0 Å². The van der Waals surface area contributed by atoms with Crippen LogP contribution in [0.4, 0.5) is 18.9 Å². The Hall–Kier alpha value is -3.58. The van der Waals surface area contributed by atoms with Gasteiger partial charge in [-0.3, -0.25) is 9.52 Å². The molecule has 8 nitrogen and oxygen atoms in total. The molecule has 0 bridgehead atoms. The van der Waals surface area contributed by atoms with E-state index in [1.807, 2.05) is 19.1 Å². The molecule has 0 saturated heterocycles. The second kappa shape index (κ2) is 12.2. The Balaban J connectivity index is 1.46. The van der Waals surface area contributed by atoms with Crippen LogP contribution in [-0.2, 0) is 26.0 Å². The number of fused-ring (bicyclic) bond motifs is 1. The Kier molecular flexibility index (Phi) is 8.75. The molecular formula is C30H29BrF3N3O5S. The van der Waals surface area contributed by atoms with Crippen molar-refractivity contribution < 1.29 is 35.5 Å². The Morgan fingerprint density at radius 3 is 2.65 bits per heavy atom. The SMILES string of the molecule is C=CC(C(F)(F)F)S(=O)(=O)Nc1ccccc1-c1oc2ccc(CC(OC=O)C(CC)c3nc[nH]c3C3CC3)cc2c1Br. The molecule has 5 rings (SSSR count). The van der Waals surface area contributed by atoms with Gasteiger partial charge in [-0.25, -0.2) is 13.4 Å². The summed E-state index contributed by atoms with van der Waals surface area (Å²) in [6.07, 6.45) is -0.205. The van der Waals surface area contributed by atoms with Crippen molar-refractivity contribution in [3.8, 4) is 11.3 Å². The van der Waals surface area contributed by atoms with Crippen LogP contribution in [0, 0.1) is 0 Å². The van der Waals surface area contributed by atoms with Gasteiger partial charge < -0.3 is 14.1 Å². The number of H-pyrrole nitrogens is 1. The van der Waals surface area contributed by atoms with Crippen molar-refractivity contribution in [1.29, 1.82) is 0 Å². The standard InChI is InChI=1S/C30H29BrF3N3O5S/c1-3-19(28-27(18-10-11-18)35-15-36-28)24(41-16-38)14-17-9-12-23-21(13-17)26(31)29(42-23)20-7-5-6-8-22(20)37-43(39,40)25(4-2)30(32,33)34/h4-9,12-13,15-16,18-19,24-25,37H,2-3,10-11,14H2,1H3,(H,35,36). The first kappa shape index (κ1) is 30.9. The first-order valence-corrected chi connectivity index (χ1v) is 16.0. The van der Waals surface area contributed by atoms with Crippen molar-refractivity contribution in [3.05, 3.63) is 82.9 Å². The molecule has 0 radical (unpaired) electrons. The van der Waals surface area contributed by atoms with Crippen LogP contribution in [-0.4, -0.2) is 42.4 Å². The second-order valence-electron chi connectivity index (χ2n) is 10.4. The van der Waals surface area contributed by atoms with Crippen LogP contribution in [0.25, 0.3) is 22.3 Å². The van der Waals surface area contributed by atoms with Crippen molar-refractivity contribution in [2.45, 2.75) is 62.0 Å². The third-order valence-electron chi connectivity index (χ3n) is 7.58. The monoisotopic (exact) mass is 679 g/mol. The molecular weight excluding hydrogens is 651 g/mol. The maximum Gasteiger partial charge on any atom is 0.410 e. The van der Waals surface area contributed by atoms with Crippen molar-refractivity contribution in [3.63, 3.8) is 0 Å². The lowest BCUT2D eigenvalue weighted by Gasteiger charge is -2.24. The summed E-state index contributed by atoms with van der Waals surface area (Å²) >= 11 is 3.55. The molecule has 2 aromatic carbocycles. The summed E-state index contributed by atoms with van der Waals surface area (Å²) in [4.78, 5) is 19.3. The van der Waals surface area contributed by atoms with Crippen LogP contribution in [0.1, 0.15) is 55.0 Å². The van der Waals surface area contributed by atoms with E-state index < -0.39 is 27.6 Å². The van der Waals surface area contributed by atoms with E-state index in [-0.39, 0.29) is 22.9 Å².